The summed E-state index contributed by atoms with van der Waals surface area (Å²) in [6, 6.07) is 7.80. The SMILES string of the molecule is C=CCN=c1scc(-c2ccc(Cl)cc2)n1/N=C/C(CC)CC. The topological polar surface area (TPSA) is 29.6 Å². The maximum Gasteiger partial charge on any atom is 0.206 e. The molecule has 0 aliphatic heterocycles. The summed E-state index contributed by atoms with van der Waals surface area (Å²) in [5, 5.41) is 7.51. The van der Waals surface area contributed by atoms with Crippen LogP contribution < -0.4 is 4.80 Å². The molecule has 0 fully saturated rings. The Kier molecular flexibility index (Phi) is 6.81. The molecule has 1 aromatic carbocycles. The molecule has 0 amide bonds. The highest BCUT2D eigenvalue weighted by molar-refractivity contribution is 7.07. The van der Waals surface area contributed by atoms with Crippen molar-refractivity contribution in [3.05, 3.63) is 52.1 Å². The van der Waals surface area contributed by atoms with Crippen molar-refractivity contribution < 1.29 is 0 Å². The quantitative estimate of drug-likeness (QED) is 0.485. The van der Waals surface area contributed by atoms with Gasteiger partial charge >= 0.3 is 0 Å². The van der Waals surface area contributed by atoms with Gasteiger partial charge < -0.3 is 0 Å². The molecule has 0 saturated carbocycles. The largest absolute Gasteiger partial charge is 0.253 e. The minimum absolute atomic E-state index is 0.479. The van der Waals surface area contributed by atoms with Gasteiger partial charge in [-0.3, -0.25) is 4.99 Å². The minimum atomic E-state index is 0.479. The van der Waals surface area contributed by atoms with Crippen molar-refractivity contribution in [2.75, 3.05) is 6.54 Å². The fourth-order valence-electron chi connectivity index (χ4n) is 2.14. The molecule has 0 radical (unpaired) electrons. The molecule has 0 saturated heterocycles. The van der Waals surface area contributed by atoms with Crippen molar-refractivity contribution in [1.29, 1.82) is 0 Å². The monoisotopic (exact) mass is 347 g/mol. The lowest BCUT2D eigenvalue weighted by Crippen LogP contribution is -2.13. The second kappa shape index (κ2) is 8.85. The molecular weight excluding hydrogens is 326 g/mol. The summed E-state index contributed by atoms with van der Waals surface area (Å²) >= 11 is 7.57. The van der Waals surface area contributed by atoms with E-state index in [2.05, 4.69) is 30.8 Å². The molecule has 23 heavy (non-hydrogen) atoms. The molecule has 0 bridgehead atoms. The van der Waals surface area contributed by atoms with E-state index >= 15 is 0 Å². The number of aromatic nitrogens is 1. The van der Waals surface area contributed by atoms with Crippen LogP contribution in [0.25, 0.3) is 11.3 Å². The van der Waals surface area contributed by atoms with E-state index in [1.54, 1.807) is 17.4 Å². The zero-order valence-electron chi connectivity index (χ0n) is 13.6. The van der Waals surface area contributed by atoms with Crippen LogP contribution in [0.5, 0.6) is 0 Å². The number of halogens is 1. The number of rotatable bonds is 7. The van der Waals surface area contributed by atoms with Crippen LogP contribution in [-0.2, 0) is 0 Å². The van der Waals surface area contributed by atoms with Crippen LogP contribution in [0.15, 0.2) is 52.4 Å². The van der Waals surface area contributed by atoms with Crippen molar-refractivity contribution in [1.82, 2.24) is 4.68 Å². The number of nitrogens with zero attached hydrogens (tertiary/aromatic N) is 3. The van der Waals surface area contributed by atoms with Crippen LogP contribution in [0, 0.1) is 5.92 Å². The highest BCUT2D eigenvalue weighted by Gasteiger charge is 2.08. The number of hydrogen-bond acceptors (Lipinski definition) is 3. The van der Waals surface area contributed by atoms with Gasteiger partial charge in [-0.25, -0.2) is 4.68 Å². The Morgan fingerprint density at radius 3 is 2.57 bits per heavy atom. The number of thiazole rings is 1. The third kappa shape index (κ3) is 4.66. The summed E-state index contributed by atoms with van der Waals surface area (Å²) in [5.74, 6) is 0.479. The van der Waals surface area contributed by atoms with E-state index in [1.165, 1.54) is 0 Å². The second-order valence-corrected chi connectivity index (χ2v) is 6.47. The third-order valence-electron chi connectivity index (χ3n) is 3.62. The lowest BCUT2D eigenvalue weighted by molar-refractivity contribution is 0.647. The first kappa shape index (κ1) is 17.7. The van der Waals surface area contributed by atoms with Crippen molar-refractivity contribution in [3.8, 4) is 11.3 Å². The number of benzene rings is 1. The standard InChI is InChI=1S/C18H22ClN3S/c1-4-11-20-18-22(21-12-14(5-2)6-3)17(13-23-18)15-7-9-16(19)10-8-15/h4,7-10,12-14H,1,5-6,11H2,2-3H3/b20-18?,21-12+. The van der Waals surface area contributed by atoms with E-state index in [1.807, 2.05) is 35.2 Å². The highest BCUT2D eigenvalue weighted by Crippen LogP contribution is 2.22. The van der Waals surface area contributed by atoms with Gasteiger partial charge in [0.1, 0.15) is 0 Å². The van der Waals surface area contributed by atoms with E-state index in [0.717, 1.165) is 33.9 Å². The van der Waals surface area contributed by atoms with Gasteiger partial charge in [0.15, 0.2) is 0 Å². The van der Waals surface area contributed by atoms with Crippen LogP contribution in [0.3, 0.4) is 0 Å². The van der Waals surface area contributed by atoms with Crippen LogP contribution in [0.2, 0.25) is 5.02 Å². The number of hydrogen-bond donors (Lipinski definition) is 0. The normalized spacial score (nSPS) is 12.4. The Morgan fingerprint density at radius 1 is 1.26 bits per heavy atom. The average molecular weight is 348 g/mol. The third-order valence-corrected chi connectivity index (χ3v) is 4.73. The lowest BCUT2D eigenvalue weighted by atomic mass is 10.1. The summed E-state index contributed by atoms with van der Waals surface area (Å²) in [6.07, 6.45) is 5.98. The molecular formula is C18H22ClN3S. The zero-order valence-corrected chi connectivity index (χ0v) is 15.1. The zero-order chi connectivity index (χ0) is 16.7. The van der Waals surface area contributed by atoms with Gasteiger partial charge in [0.05, 0.1) is 12.2 Å². The summed E-state index contributed by atoms with van der Waals surface area (Å²) in [6.45, 7) is 8.68. The van der Waals surface area contributed by atoms with Crippen LogP contribution >= 0.6 is 22.9 Å². The van der Waals surface area contributed by atoms with E-state index in [-0.39, 0.29) is 0 Å². The fraction of sp³-hybridized carbons (Fsp3) is 0.333. The fourth-order valence-corrected chi connectivity index (χ4v) is 3.11. The van der Waals surface area contributed by atoms with E-state index in [0.29, 0.717) is 12.5 Å². The van der Waals surface area contributed by atoms with E-state index in [4.69, 9.17) is 16.7 Å². The van der Waals surface area contributed by atoms with E-state index < -0.39 is 0 Å². The average Bonchev–Trinajstić information content (AvgIpc) is 2.97. The molecule has 0 unspecified atom stereocenters. The lowest BCUT2D eigenvalue weighted by Gasteiger charge is -2.07. The minimum Gasteiger partial charge on any atom is -0.253 e. The first-order valence-corrected chi connectivity index (χ1v) is 9.07. The molecule has 2 aromatic rings. The van der Waals surface area contributed by atoms with Crippen LogP contribution in [-0.4, -0.2) is 17.4 Å². The van der Waals surface area contributed by atoms with Gasteiger partial charge in [0, 0.05) is 22.2 Å². The molecule has 0 aliphatic carbocycles. The Balaban J connectivity index is 2.48. The Bertz CT molecular complexity index is 721. The molecule has 0 N–H and O–H groups in total. The Labute approximate surface area is 146 Å². The van der Waals surface area contributed by atoms with Crippen molar-refractivity contribution in [2.24, 2.45) is 16.0 Å². The molecule has 0 spiro atoms. The van der Waals surface area contributed by atoms with Gasteiger partial charge in [-0.15, -0.1) is 17.9 Å². The van der Waals surface area contributed by atoms with Gasteiger partial charge in [0.25, 0.3) is 0 Å². The van der Waals surface area contributed by atoms with Crippen molar-refractivity contribution in [2.45, 2.75) is 26.7 Å². The molecule has 1 aromatic heterocycles. The smallest absolute Gasteiger partial charge is 0.206 e. The summed E-state index contributed by atoms with van der Waals surface area (Å²) in [5.41, 5.74) is 2.10. The Hall–Kier alpha value is -1.65. The second-order valence-electron chi connectivity index (χ2n) is 5.19. The van der Waals surface area contributed by atoms with Gasteiger partial charge in [-0.2, -0.15) is 5.10 Å². The predicted molar refractivity (Wildman–Crippen MR) is 101 cm³/mol. The maximum absolute atomic E-state index is 5.99. The first-order chi connectivity index (χ1) is 11.2. The first-order valence-electron chi connectivity index (χ1n) is 7.81. The molecule has 1 heterocycles. The highest BCUT2D eigenvalue weighted by atomic mass is 35.5. The molecule has 0 aliphatic rings. The van der Waals surface area contributed by atoms with Crippen LogP contribution in [0.4, 0.5) is 0 Å². The molecule has 122 valence electrons. The summed E-state index contributed by atoms with van der Waals surface area (Å²) in [7, 11) is 0. The predicted octanol–water partition coefficient (Wildman–Crippen LogP) is 5.23. The Morgan fingerprint density at radius 2 is 1.96 bits per heavy atom. The van der Waals surface area contributed by atoms with E-state index in [9.17, 15) is 0 Å². The van der Waals surface area contributed by atoms with Gasteiger partial charge in [-0.05, 0) is 30.9 Å². The van der Waals surface area contributed by atoms with Crippen molar-refractivity contribution >= 4 is 29.2 Å². The molecule has 5 heteroatoms. The summed E-state index contributed by atoms with van der Waals surface area (Å²) < 4.78 is 1.91. The molecule has 3 nitrogen and oxygen atoms in total. The molecule has 0 atom stereocenters. The van der Waals surface area contributed by atoms with Gasteiger partial charge in [0.2, 0.25) is 4.80 Å². The maximum atomic E-state index is 5.99. The van der Waals surface area contributed by atoms with Gasteiger partial charge in [-0.1, -0.05) is 43.7 Å². The molecule has 2 rings (SSSR count). The van der Waals surface area contributed by atoms with Crippen molar-refractivity contribution in [3.63, 3.8) is 0 Å². The van der Waals surface area contributed by atoms with Crippen LogP contribution in [0.1, 0.15) is 26.7 Å². The summed E-state index contributed by atoms with van der Waals surface area (Å²) in [4.78, 5) is 5.41.